The molecule has 6 nitrogen and oxygen atoms in total. The van der Waals surface area contributed by atoms with Crippen molar-refractivity contribution in [1.82, 2.24) is 15.1 Å². The van der Waals surface area contributed by atoms with Gasteiger partial charge in [0, 0.05) is 37.1 Å². The third-order valence-electron chi connectivity index (χ3n) is 4.40. The van der Waals surface area contributed by atoms with Crippen LogP contribution in [-0.2, 0) is 4.79 Å². The van der Waals surface area contributed by atoms with Gasteiger partial charge in [-0.1, -0.05) is 15.9 Å². The van der Waals surface area contributed by atoms with Crippen LogP contribution >= 0.6 is 28.3 Å². The van der Waals surface area contributed by atoms with Gasteiger partial charge in [-0.05, 0) is 37.6 Å². The molecule has 3 rings (SSSR count). The smallest absolute Gasteiger partial charge is 0.261 e. The molecular formula is C17H21BrClN3O3. The standard InChI is InChI=1S/C17H20BrN3O3.ClH/c18-12-4-5-13-14(11-12)17(24)21(16(13)23)9-1-3-15(22)20-8-2-6-19-7-10-20;/h4-5,11,19H,1-3,6-10H2;1H. The zero-order chi connectivity index (χ0) is 17.1. The minimum Gasteiger partial charge on any atom is -0.341 e. The lowest BCUT2D eigenvalue weighted by molar-refractivity contribution is -0.131. The summed E-state index contributed by atoms with van der Waals surface area (Å²) in [7, 11) is 0. The van der Waals surface area contributed by atoms with Crippen molar-refractivity contribution in [2.75, 3.05) is 32.7 Å². The molecule has 0 spiro atoms. The number of halogens is 2. The predicted molar refractivity (Wildman–Crippen MR) is 100 cm³/mol. The molecule has 2 heterocycles. The monoisotopic (exact) mass is 429 g/mol. The van der Waals surface area contributed by atoms with E-state index >= 15 is 0 Å². The number of nitrogens with one attached hydrogen (secondary N) is 1. The van der Waals surface area contributed by atoms with Crippen LogP contribution in [0.25, 0.3) is 0 Å². The lowest BCUT2D eigenvalue weighted by atomic mass is 10.1. The van der Waals surface area contributed by atoms with Gasteiger partial charge in [-0.2, -0.15) is 0 Å². The Morgan fingerprint density at radius 3 is 2.68 bits per heavy atom. The number of amides is 3. The van der Waals surface area contributed by atoms with Gasteiger partial charge in [0.1, 0.15) is 0 Å². The van der Waals surface area contributed by atoms with Crippen LogP contribution in [0.5, 0.6) is 0 Å². The van der Waals surface area contributed by atoms with E-state index in [1.165, 1.54) is 4.90 Å². The third-order valence-corrected chi connectivity index (χ3v) is 4.89. The summed E-state index contributed by atoms with van der Waals surface area (Å²) in [5.41, 5.74) is 0.868. The second-order valence-corrected chi connectivity index (χ2v) is 6.96. The van der Waals surface area contributed by atoms with Crippen LogP contribution in [-0.4, -0.2) is 60.2 Å². The van der Waals surface area contributed by atoms with Crippen LogP contribution in [0.1, 0.15) is 40.0 Å². The highest BCUT2D eigenvalue weighted by Gasteiger charge is 2.35. The molecule has 1 fully saturated rings. The summed E-state index contributed by atoms with van der Waals surface area (Å²) in [5, 5.41) is 3.26. The molecule has 1 saturated heterocycles. The van der Waals surface area contributed by atoms with Gasteiger partial charge in [0.05, 0.1) is 11.1 Å². The largest absolute Gasteiger partial charge is 0.341 e. The van der Waals surface area contributed by atoms with E-state index in [0.717, 1.165) is 37.1 Å². The summed E-state index contributed by atoms with van der Waals surface area (Å²) in [6.45, 7) is 3.53. The van der Waals surface area contributed by atoms with E-state index in [1.807, 2.05) is 4.90 Å². The summed E-state index contributed by atoms with van der Waals surface area (Å²) in [6, 6.07) is 5.09. The van der Waals surface area contributed by atoms with Crippen molar-refractivity contribution < 1.29 is 14.4 Å². The van der Waals surface area contributed by atoms with E-state index in [9.17, 15) is 14.4 Å². The van der Waals surface area contributed by atoms with Gasteiger partial charge >= 0.3 is 0 Å². The molecule has 0 atom stereocenters. The Bertz CT molecular complexity index is 675. The molecule has 0 aliphatic carbocycles. The fourth-order valence-corrected chi connectivity index (χ4v) is 3.47. The molecule has 1 aromatic carbocycles. The lowest BCUT2D eigenvalue weighted by Crippen LogP contribution is -2.35. The maximum Gasteiger partial charge on any atom is 0.261 e. The van der Waals surface area contributed by atoms with Crippen molar-refractivity contribution >= 4 is 46.1 Å². The van der Waals surface area contributed by atoms with E-state index in [2.05, 4.69) is 21.2 Å². The van der Waals surface area contributed by atoms with Crippen LogP contribution in [0.2, 0.25) is 0 Å². The minimum absolute atomic E-state index is 0. The number of nitrogens with zero attached hydrogens (tertiary/aromatic N) is 2. The van der Waals surface area contributed by atoms with Gasteiger partial charge in [-0.15, -0.1) is 12.4 Å². The van der Waals surface area contributed by atoms with Crippen LogP contribution in [0.4, 0.5) is 0 Å². The molecule has 0 bridgehead atoms. The number of hydrogen-bond acceptors (Lipinski definition) is 4. The van der Waals surface area contributed by atoms with Crippen molar-refractivity contribution in [1.29, 1.82) is 0 Å². The maximum absolute atomic E-state index is 12.4. The van der Waals surface area contributed by atoms with Crippen LogP contribution < -0.4 is 5.32 Å². The molecule has 0 radical (unpaired) electrons. The molecule has 8 heteroatoms. The first-order chi connectivity index (χ1) is 11.6. The van der Waals surface area contributed by atoms with Crippen LogP contribution in [0, 0.1) is 0 Å². The number of imide groups is 1. The summed E-state index contributed by atoms with van der Waals surface area (Å²) in [6.07, 6.45) is 1.81. The Morgan fingerprint density at radius 2 is 1.88 bits per heavy atom. The predicted octanol–water partition coefficient (Wildman–Crippen LogP) is 2.07. The van der Waals surface area contributed by atoms with Gasteiger partial charge in [-0.25, -0.2) is 0 Å². The quantitative estimate of drug-likeness (QED) is 0.743. The topological polar surface area (TPSA) is 69.7 Å². The Hall–Kier alpha value is -1.44. The van der Waals surface area contributed by atoms with E-state index in [0.29, 0.717) is 24.0 Å². The molecular weight excluding hydrogens is 410 g/mol. The Labute approximate surface area is 161 Å². The first-order valence-electron chi connectivity index (χ1n) is 8.22. The van der Waals surface area contributed by atoms with Crippen LogP contribution in [0.3, 0.4) is 0 Å². The van der Waals surface area contributed by atoms with Crippen molar-refractivity contribution in [2.45, 2.75) is 19.3 Å². The van der Waals surface area contributed by atoms with E-state index < -0.39 is 0 Å². The second kappa shape index (κ2) is 8.78. The number of hydrogen-bond donors (Lipinski definition) is 1. The SMILES string of the molecule is Cl.O=C(CCCN1C(=O)c2ccc(Br)cc2C1=O)N1CCCNCC1. The molecule has 136 valence electrons. The van der Waals surface area contributed by atoms with Gasteiger partial charge < -0.3 is 10.2 Å². The first-order valence-corrected chi connectivity index (χ1v) is 9.01. The number of fused-ring (bicyclic) bond motifs is 1. The fourth-order valence-electron chi connectivity index (χ4n) is 3.11. The van der Waals surface area contributed by atoms with Crippen LogP contribution in [0.15, 0.2) is 22.7 Å². The molecule has 1 aromatic rings. The van der Waals surface area contributed by atoms with E-state index in [4.69, 9.17) is 0 Å². The summed E-state index contributed by atoms with van der Waals surface area (Å²) in [5.74, 6) is -0.449. The van der Waals surface area contributed by atoms with Crippen molar-refractivity contribution in [2.24, 2.45) is 0 Å². The number of benzene rings is 1. The highest BCUT2D eigenvalue weighted by Crippen LogP contribution is 2.26. The second-order valence-electron chi connectivity index (χ2n) is 6.04. The molecule has 0 aromatic heterocycles. The molecule has 2 aliphatic heterocycles. The summed E-state index contributed by atoms with van der Waals surface area (Å²) in [4.78, 5) is 40.0. The van der Waals surface area contributed by atoms with E-state index in [1.54, 1.807) is 18.2 Å². The molecule has 0 saturated carbocycles. The Balaban J connectivity index is 0.00000225. The minimum atomic E-state index is -0.275. The fraction of sp³-hybridized carbons (Fsp3) is 0.471. The molecule has 1 N–H and O–H groups in total. The van der Waals surface area contributed by atoms with Crippen molar-refractivity contribution in [3.05, 3.63) is 33.8 Å². The number of carbonyl (C=O) groups is 3. The Morgan fingerprint density at radius 1 is 1.12 bits per heavy atom. The molecule has 3 amide bonds. The zero-order valence-electron chi connectivity index (χ0n) is 13.8. The van der Waals surface area contributed by atoms with Gasteiger partial charge in [0.15, 0.2) is 0 Å². The average molecular weight is 431 g/mol. The number of rotatable bonds is 4. The molecule has 0 unspecified atom stereocenters. The van der Waals surface area contributed by atoms with Crippen molar-refractivity contribution in [3.8, 4) is 0 Å². The van der Waals surface area contributed by atoms with E-state index in [-0.39, 0.29) is 36.7 Å². The first kappa shape index (κ1) is 19.9. The molecule has 2 aliphatic rings. The highest BCUT2D eigenvalue weighted by atomic mass is 79.9. The Kier molecular flexibility index (Phi) is 6.98. The van der Waals surface area contributed by atoms with Gasteiger partial charge in [0.2, 0.25) is 5.91 Å². The zero-order valence-corrected chi connectivity index (χ0v) is 16.2. The average Bonchev–Trinajstić information content (AvgIpc) is 2.79. The highest BCUT2D eigenvalue weighted by molar-refractivity contribution is 9.10. The molecule has 25 heavy (non-hydrogen) atoms. The van der Waals surface area contributed by atoms with Gasteiger partial charge in [0.25, 0.3) is 11.8 Å². The van der Waals surface area contributed by atoms with Crippen molar-refractivity contribution in [3.63, 3.8) is 0 Å². The number of carbonyl (C=O) groups excluding carboxylic acids is 3. The maximum atomic E-state index is 12.4. The normalized spacial score (nSPS) is 17.2. The lowest BCUT2D eigenvalue weighted by Gasteiger charge is -2.20. The summed E-state index contributed by atoms with van der Waals surface area (Å²) >= 11 is 3.32. The van der Waals surface area contributed by atoms with Gasteiger partial charge in [-0.3, -0.25) is 19.3 Å². The summed E-state index contributed by atoms with van der Waals surface area (Å²) < 4.78 is 0.772. The third kappa shape index (κ3) is 4.40.